The molecule has 0 amide bonds. The van der Waals surface area contributed by atoms with E-state index in [9.17, 15) is 0 Å². The first-order valence-electron chi connectivity index (χ1n) is 7.30. The lowest BCUT2D eigenvalue weighted by atomic mass is 10.1. The molecule has 21 heavy (non-hydrogen) atoms. The van der Waals surface area contributed by atoms with Crippen LogP contribution in [0.5, 0.6) is 0 Å². The van der Waals surface area contributed by atoms with E-state index in [4.69, 9.17) is 4.42 Å². The molecule has 0 aliphatic carbocycles. The Kier molecular flexibility index (Phi) is 4.08. The molecule has 0 saturated carbocycles. The topological polar surface area (TPSA) is 38.1 Å². The molecule has 110 valence electrons. The van der Waals surface area contributed by atoms with Crippen molar-refractivity contribution in [2.24, 2.45) is 0 Å². The van der Waals surface area contributed by atoms with Crippen LogP contribution >= 0.6 is 11.3 Å². The monoisotopic (exact) mass is 300 g/mol. The molecule has 2 heterocycles. The molecule has 0 saturated heterocycles. The molecule has 3 rings (SSSR count). The van der Waals surface area contributed by atoms with Gasteiger partial charge in [0.1, 0.15) is 11.3 Å². The van der Waals surface area contributed by atoms with E-state index >= 15 is 0 Å². The maximum Gasteiger partial charge on any atom is 0.134 e. The van der Waals surface area contributed by atoms with Crippen LogP contribution in [0.4, 0.5) is 0 Å². The molecule has 2 aromatic heterocycles. The highest BCUT2D eigenvalue weighted by atomic mass is 32.1. The Morgan fingerprint density at radius 3 is 2.86 bits per heavy atom. The molecule has 1 aromatic carbocycles. The molecule has 0 radical (unpaired) electrons. The molecule has 3 aromatic rings. The molecule has 0 aliphatic heterocycles. The molecule has 0 spiro atoms. The molecule has 0 aliphatic rings. The third-order valence-corrected chi connectivity index (χ3v) is 4.39. The first-order chi connectivity index (χ1) is 10.2. The highest BCUT2D eigenvalue weighted by Gasteiger charge is 2.17. The van der Waals surface area contributed by atoms with E-state index in [0.29, 0.717) is 0 Å². The van der Waals surface area contributed by atoms with Crippen LogP contribution in [0.1, 0.15) is 35.0 Å². The van der Waals surface area contributed by atoms with Gasteiger partial charge in [0.05, 0.1) is 16.7 Å². The summed E-state index contributed by atoms with van der Waals surface area (Å²) in [6, 6.07) is 8.61. The summed E-state index contributed by atoms with van der Waals surface area (Å²) in [6.07, 6.45) is 0.858. The van der Waals surface area contributed by atoms with Crippen LogP contribution < -0.4 is 5.32 Å². The van der Waals surface area contributed by atoms with E-state index < -0.39 is 0 Å². The molecule has 1 N–H and O–H groups in total. The third kappa shape index (κ3) is 3.17. The highest BCUT2D eigenvalue weighted by Crippen LogP contribution is 2.27. The number of aryl methyl sites for hydroxylation is 2. The average Bonchev–Trinajstić information content (AvgIpc) is 3.04. The molecule has 1 unspecified atom stereocenters. The van der Waals surface area contributed by atoms with Gasteiger partial charge in [0.15, 0.2) is 0 Å². The molecular weight excluding hydrogens is 280 g/mol. The summed E-state index contributed by atoms with van der Waals surface area (Å²) < 4.78 is 6.03. The van der Waals surface area contributed by atoms with Gasteiger partial charge in [-0.25, -0.2) is 4.98 Å². The van der Waals surface area contributed by atoms with Gasteiger partial charge in [0.25, 0.3) is 0 Å². The van der Waals surface area contributed by atoms with Crippen LogP contribution in [-0.2, 0) is 6.42 Å². The van der Waals surface area contributed by atoms with Crippen molar-refractivity contribution in [1.82, 2.24) is 10.3 Å². The number of fused-ring (bicyclic) bond motifs is 1. The lowest BCUT2D eigenvalue weighted by molar-refractivity contribution is 0.433. The van der Waals surface area contributed by atoms with Crippen LogP contribution in [0.3, 0.4) is 0 Å². The number of furan rings is 1. The van der Waals surface area contributed by atoms with Crippen LogP contribution in [0, 0.1) is 13.8 Å². The van der Waals surface area contributed by atoms with Crippen LogP contribution in [0.15, 0.2) is 34.1 Å². The van der Waals surface area contributed by atoms with Gasteiger partial charge in [-0.15, -0.1) is 11.3 Å². The second-order valence-corrected chi connectivity index (χ2v) is 6.42. The summed E-state index contributed by atoms with van der Waals surface area (Å²) in [7, 11) is 0. The summed E-state index contributed by atoms with van der Waals surface area (Å²) in [4.78, 5) is 4.56. The van der Waals surface area contributed by atoms with E-state index in [0.717, 1.165) is 35.0 Å². The molecule has 0 fully saturated rings. The van der Waals surface area contributed by atoms with Crippen molar-refractivity contribution < 1.29 is 4.42 Å². The largest absolute Gasteiger partial charge is 0.459 e. The Morgan fingerprint density at radius 1 is 1.29 bits per heavy atom. The van der Waals surface area contributed by atoms with Crippen molar-refractivity contribution in [1.29, 1.82) is 0 Å². The fourth-order valence-corrected chi connectivity index (χ4v) is 3.21. The van der Waals surface area contributed by atoms with Crippen molar-refractivity contribution in [3.63, 3.8) is 0 Å². The number of rotatable bonds is 5. The smallest absolute Gasteiger partial charge is 0.134 e. The zero-order valence-electron chi connectivity index (χ0n) is 12.6. The van der Waals surface area contributed by atoms with Crippen molar-refractivity contribution in [3.05, 3.63) is 51.7 Å². The third-order valence-electron chi connectivity index (χ3n) is 3.56. The Labute approximate surface area is 129 Å². The number of nitrogens with zero attached hydrogens (tertiary/aromatic N) is 1. The SMILES string of the molecule is CCNC(Cc1csc(C)n1)c1cc2cc(C)ccc2o1. The van der Waals surface area contributed by atoms with Gasteiger partial charge in [0.2, 0.25) is 0 Å². The van der Waals surface area contributed by atoms with Crippen LogP contribution in [0.2, 0.25) is 0 Å². The van der Waals surface area contributed by atoms with E-state index in [1.807, 2.05) is 13.0 Å². The highest BCUT2D eigenvalue weighted by molar-refractivity contribution is 7.09. The van der Waals surface area contributed by atoms with Crippen molar-refractivity contribution in [2.45, 2.75) is 33.2 Å². The maximum absolute atomic E-state index is 6.03. The minimum atomic E-state index is 0.171. The van der Waals surface area contributed by atoms with Gasteiger partial charge in [-0.2, -0.15) is 0 Å². The quantitative estimate of drug-likeness (QED) is 0.759. The summed E-state index contributed by atoms with van der Waals surface area (Å²) in [6.45, 7) is 7.17. The molecule has 1 atom stereocenters. The number of benzene rings is 1. The summed E-state index contributed by atoms with van der Waals surface area (Å²) in [5, 5.41) is 7.91. The van der Waals surface area contributed by atoms with Crippen molar-refractivity contribution >= 4 is 22.3 Å². The predicted molar refractivity (Wildman–Crippen MR) is 87.9 cm³/mol. The van der Waals surface area contributed by atoms with Gasteiger partial charge in [0, 0.05) is 17.2 Å². The maximum atomic E-state index is 6.03. The van der Waals surface area contributed by atoms with E-state index in [1.54, 1.807) is 11.3 Å². The van der Waals surface area contributed by atoms with Crippen LogP contribution in [0.25, 0.3) is 11.0 Å². The minimum Gasteiger partial charge on any atom is -0.459 e. The Morgan fingerprint density at radius 2 is 2.14 bits per heavy atom. The molecule has 4 heteroatoms. The Balaban J connectivity index is 1.90. The zero-order chi connectivity index (χ0) is 14.8. The Bertz CT molecular complexity index is 744. The first kappa shape index (κ1) is 14.3. The van der Waals surface area contributed by atoms with Crippen LogP contribution in [-0.4, -0.2) is 11.5 Å². The number of likely N-dealkylation sites (N-methyl/N-ethyl adjacent to an activating group) is 1. The number of aromatic nitrogens is 1. The molecule has 3 nitrogen and oxygen atoms in total. The zero-order valence-corrected chi connectivity index (χ0v) is 13.5. The fraction of sp³-hybridized carbons (Fsp3) is 0.353. The number of nitrogens with one attached hydrogen (secondary N) is 1. The van der Waals surface area contributed by atoms with Gasteiger partial charge in [-0.1, -0.05) is 18.6 Å². The fourth-order valence-electron chi connectivity index (χ4n) is 2.59. The van der Waals surface area contributed by atoms with Gasteiger partial charge < -0.3 is 9.73 Å². The standard InChI is InChI=1S/C17H20N2OS/c1-4-18-15(9-14-10-21-12(3)19-14)17-8-13-7-11(2)5-6-16(13)20-17/h5-8,10,15,18H,4,9H2,1-3H3. The summed E-state index contributed by atoms with van der Waals surface area (Å²) in [5.74, 6) is 0.989. The van der Waals surface area contributed by atoms with E-state index in [-0.39, 0.29) is 6.04 Å². The average molecular weight is 300 g/mol. The second-order valence-electron chi connectivity index (χ2n) is 5.36. The second kappa shape index (κ2) is 6.00. The van der Waals surface area contributed by atoms with Crippen molar-refractivity contribution in [2.75, 3.05) is 6.54 Å². The van der Waals surface area contributed by atoms with Crippen molar-refractivity contribution in [3.8, 4) is 0 Å². The number of thiazole rings is 1. The number of hydrogen-bond acceptors (Lipinski definition) is 4. The number of hydrogen-bond donors (Lipinski definition) is 1. The predicted octanol–water partition coefficient (Wildman–Crippen LogP) is 4.40. The van der Waals surface area contributed by atoms with E-state index in [2.05, 4.69) is 47.7 Å². The van der Waals surface area contributed by atoms with Gasteiger partial charge in [-0.05, 0) is 38.6 Å². The minimum absolute atomic E-state index is 0.171. The first-order valence-corrected chi connectivity index (χ1v) is 8.18. The van der Waals surface area contributed by atoms with Gasteiger partial charge >= 0.3 is 0 Å². The lowest BCUT2D eigenvalue weighted by Gasteiger charge is -2.13. The normalized spacial score (nSPS) is 12.9. The Hall–Kier alpha value is -1.65. The summed E-state index contributed by atoms with van der Waals surface area (Å²) >= 11 is 1.70. The van der Waals surface area contributed by atoms with Gasteiger partial charge in [-0.3, -0.25) is 0 Å². The summed E-state index contributed by atoms with van der Waals surface area (Å²) in [5.41, 5.74) is 3.33. The molecule has 0 bridgehead atoms. The van der Waals surface area contributed by atoms with E-state index in [1.165, 1.54) is 10.9 Å². The lowest BCUT2D eigenvalue weighted by Crippen LogP contribution is -2.22. The molecular formula is C17H20N2OS.